The molecule has 1 unspecified atom stereocenters. The van der Waals surface area contributed by atoms with Crippen LogP contribution >= 0.6 is 0 Å². The van der Waals surface area contributed by atoms with Crippen molar-refractivity contribution in [2.75, 3.05) is 17.7 Å². The first-order valence-electron chi connectivity index (χ1n) is 13.0. The molecule has 2 aliphatic rings. The van der Waals surface area contributed by atoms with E-state index < -0.39 is 64.8 Å². The van der Waals surface area contributed by atoms with Crippen LogP contribution in [0.5, 0.6) is 0 Å². The van der Waals surface area contributed by atoms with Crippen molar-refractivity contribution in [3.05, 3.63) is 48.4 Å². The van der Waals surface area contributed by atoms with E-state index in [2.05, 4.69) is 15.3 Å². The van der Waals surface area contributed by atoms with Crippen LogP contribution in [0.25, 0.3) is 11.2 Å². The number of rotatable bonds is 7. The highest BCUT2D eigenvalue weighted by molar-refractivity contribution is 7.85. The van der Waals surface area contributed by atoms with Gasteiger partial charge in [0.1, 0.15) is 29.4 Å². The third-order valence-electron chi connectivity index (χ3n) is 6.31. The number of hydrogen-bond donors (Lipinski definition) is 3. The maximum atomic E-state index is 12.6. The molecule has 15 nitrogen and oxygen atoms in total. The second-order valence-corrected chi connectivity index (χ2v) is 12.5. The number of nitrogens with one attached hydrogen (secondary N) is 2. The number of para-hydroxylation sites is 1. The molecule has 0 bridgehead atoms. The van der Waals surface area contributed by atoms with Crippen LogP contribution in [0.4, 0.5) is 16.2 Å². The van der Waals surface area contributed by atoms with E-state index in [1.165, 1.54) is 24.7 Å². The number of anilines is 2. The zero-order chi connectivity index (χ0) is 30.4. The van der Waals surface area contributed by atoms with E-state index in [1.54, 1.807) is 57.4 Å². The van der Waals surface area contributed by atoms with Crippen molar-refractivity contribution in [1.82, 2.24) is 19.3 Å². The number of benzene rings is 1. The van der Waals surface area contributed by atoms with E-state index in [9.17, 15) is 18.0 Å². The third kappa shape index (κ3) is 6.32. The van der Waals surface area contributed by atoms with Gasteiger partial charge in [-0.2, -0.15) is 8.42 Å². The lowest BCUT2D eigenvalue weighted by atomic mass is 10.1. The Labute approximate surface area is 241 Å². The van der Waals surface area contributed by atoms with Gasteiger partial charge in [0, 0.05) is 11.9 Å². The van der Waals surface area contributed by atoms with Gasteiger partial charge in [0.05, 0.1) is 24.2 Å². The fourth-order valence-corrected chi connectivity index (χ4v) is 5.42. The number of nitrogens with two attached hydrogens (primary N) is 1. The van der Waals surface area contributed by atoms with Crippen LogP contribution < -0.4 is 15.8 Å². The van der Waals surface area contributed by atoms with Gasteiger partial charge >= 0.3 is 16.4 Å². The van der Waals surface area contributed by atoms with Gasteiger partial charge in [-0.05, 0) is 52.8 Å². The van der Waals surface area contributed by atoms with Crippen LogP contribution in [-0.2, 0) is 33.4 Å². The highest BCUT2D eigenvalue weighted by Gasteiger charge is 2.56. The summed E-state index contributed by atoms with van der Waals surface area (Å²) in [5, 5.41) is 2.68. The summed E-state index contributed by atoms with van der Waals surface area (Å²) in [6, 6.07) is 7.61. The van der Waals surface area contributed by atoms with Crippen LogP contribution in [0.3, 0.4) is 0 Å². The second kappa shape index (κ2) is 10.8. The third-order valence-corrected chi connectivity index (χ3v) is 7.19. The highest BCUT2D eigenvalue weighted by atomic mass is 32.2. The van der Waals surface area contributed by atoms with E-state index in [0.29, 0.717) is 16.9 Å². The van der Waals surface area contributed by atoms with E-state index in [0.717, 1.165) is 0 Å². The molecule has 2 aliphatic heterocycles. The Balaban J connectivity index is 1.34. The molecule has 16 heteroatoms. The van der Waals surface area contributed by atoms with Gasteiger partial charge in [0.2, 0.25) is 0 Å². The molecule has 2 fully saturated rings. The average molecular weight is 605 g/mol. The van der Waals surface area contributed by atoms with Gasteiger partial charge in [-0.25, -0.2) is 19.5 Å². The van der Waals surface area contributed by atoms with Crippen LogP contribution in [0.2, 0.25) is 0 Å². The topological polar surface area (TPSA) is 195 Å². The zero-order valence-corrected chi connectivity index (χ0v) is 24.4. The fraction of sp³-hybridized carbons (Fsp3) is 0.462. The maximum absolute atomic E-state index is 12.6. The van der Waals surface area contributed by atoms with Crippen LogP contribution in [0, 0.1) is 0 Å². The smallest absolute Gasteiger partial charge is 0.412 e. The molecule has 5 rings (SSSR count). The van der Waals surface area contributed by atoms with Crippen molar-refractivity contribution in [1.29, 1.82) is 0 Å². The summed E-state index contributed by atoms with van der Waals surface area (Å²) in [6.45, 7) is 8.20. The number of carbonyl (C=O) groups excluding carboxylic acids is 2. The minimum atomic E-state index is -4.54. The van der Waals surface area contributed by atoms with Crippen LogP contribution in [0.15, 0.2) is 42.9 Å². The standard InChI is InChI=1S/C26H32N6O9S/c1-25(2,3)41-24(34)30-16-10-11-28-21-18(16)29-13-32(21)23-20-19(39-26(4,5)40-20)17(38-23)12-37-42(35,36)31-22(33)14-8-6-7-9-15(14)27/h6-11,13,17,19-20,23H,12,27H2,1-5H3,(H,31,33)(H,28,30,34)/t17-,19?,20+,23-/m1/s1. The Bertz CT molecular complexity index is 1620. The molecule has 4 atom stereocenters. The average Bonchev–Trinajstić information content (AvgIpc) is 3.53. The number of carbonyl (C=O) groups is 2. The van der Waals surface area contributed by atoms with Crippen molar-refractivity contribution < 1.29 is 41.1 Å². The van der Waals surface area contributed by atoms with Crippen molar-refractivity contribution in [3.8, 4) is 0 Å². The lowest BCUT2D eigenvalue weighted by molar-refractivity contribution is -0.198. The fourth-order valence-electron chi connectivity index (χ4n) is 4.71. The zero-order valence-electron chi connectivity index (χ0n) is 23.6. The molecular weight excluding hydrogens is 572 g/mol. The first-order valence-corrected chi connectivity index (χ1v) is 14.4. The van der Waals surface area contributed by atoms with Crippen molar-refractivity contribution in [2.24, 2.45) is 0 Å². The summed E-state index contributed by atoms with van der Waals surface area (Å²) in [5.41, 5.74) is 6.26. The largest absolute Gasteiger partial charge is 0.444 e. The Morgan fingerprint density at radius 3 is 2.55 bits per heavy atom. The van der Waals surface area contributed by atoms with Crippen molar-refractivity contribution in [3.63, 3.8) is 0 Å². The summed E-state index contributed by atoms with van der Waals surface area (Å²) in [4.78, 5) is 33.6. The Morgan fingerprint density at radius 1 is 1.12 bits per heavy atom. The number of nitrogen functional groups attached to an aromatic ring is 1. The number of amides is 2. The molecule has 0 radical (unpaired) electrons. The van der Waals surface area contributed by atoms with Crippen molar-refractivity contribution >= 4 is 44.8 Å². The number of pyridine rings is 1. The summed E-state index contributed by atoms with van der Waals surface area (Å²) in [5.74, 6) is -1.95. The maximum Gasteiger partial charge on any atom is 0.412 e. The quantitative estimate of drug-likeness (QED) is 0.334. The van der Waals surface area contributed by atoms with Gasteiger partial charge in [0.25, 0.3) is 5.91 Å². The predicted molar refractivity (Wildman–Crippen MR) is 148 cm³/mol. The van der Waals surface area contributed by atoms with Crippen LogP contribution in [-0.4, -0.2) is 71.3 Å². The molecule has 1 aromatic carbocycles. The molecular formula is C26H32N6O9S. The van der Waals surface area contributed by atoms with E-state index in [-0.39, 0.29) is 11.3 Å². The molecule has 4 N–H and O–H groups in total. The predicted octanol–water partition coefficient (Wildman–Crippen LogP) is 2.47. The molecule has 0 saturated carbocycles. The molecule has 2 aromatic heterocycles. The number of ether oxygens (including phenoxy) is 4. The first kappa shape index (κ1) is 29.7. The Morgan fingerprint density at radius 2 is 1.83 bits per heavy atom. The molecule has 3 aromatic rings. The minimum absolute atomic E-state index is 0.0174. The summed E-state index contributed by atoms with van der Waals surface area (Å²) in [6.07, 6.45) is -0.893. The van der Waals surface area contributed by atoms with Crippen molar-refractivity contribution in [2.45, 2.75) is 70.5 Å². The SMILES string of the molecule is CC(C)(C)OC(=O)Nc1ccnc2c1ncn2[C@@H]1O[C@H](COS(=O)(=O)NC(=O)c2ccccc2N)C2OC(C)(C)O[C@@H]21. The second-order valence-electron chi connectivity index (χ2n) is 11.2. The number of imidazole rings is 1. The molecule has 42 heavy (non-hydrogen) atoms. The molecule has 226 valence electrons. The highest BCUT2D eigenvalue weighted by Crippen LogP contribution is 2.44. The molecule has 4 heterocycles. The van der Waals surface area contributed by atoms with Gasteiger partial charge in [0.15, 0.2) is 17.7 Å². The minimum Gasteiger partial charge on any atom is -0.444 e. The number of fused-ring (bicyclic) bond motifs is 2. The van der Waals surface area contributed by atoms with Gasteiger partial charge in [-0.1, -0.05) is 12.1 Å². The summed E-state index contributed by atoms with van der Waals surface area (Å²) >= 11 is 0. The van der Waals surface area contributed by atoms with E-state index in [1.807, 2.05) is 4.72 Å². The normalized spacial score (nSPS) is 23.5. The van der Waals surface area contributed by atoms with E-state index in [4.69, 9.17) is 28.9 Å². The summed E-state index contributed by atoms with van der Waals surface area (Å²) < 4.78 is 57.4. The first-order chi connectivity index (χ1) is 19.6. The van der Waals surface area contributed by atoms with Gasteiger partial charge < -0.3 is 24.7 Å². The number of nitrogens with zero attached hydrogens (tertiary/aromatic N) is 3. The molecule has 2 saturated heterocycles. The van der Waals surface area contributed by atoms with E-state index >= 15 is 0 Å². The molecule has 0 spiro atoms. The van der Waals surface area contributed by atoms with Crippen LogP contribution in [0.1, 0.15) is 51.2 Å². The van der Waals surface area contributed by atoms with Gasteiger partial charge in [-0.3, -0.25) is 18.9 Å². The Kier molecular flexibility index (Phi) is 7.61. The number of aromatic nitrogens is 3. The Hall–Kier alpha value is -3.83. The monoisotopic (exact) mass is 604 g/mol. The summed E-state index contributed by atoms with van der Waals surface area (Å²) in [7, 11) is -4.54. The molecule has 2 amide bonds. The molecule has 0 aliphatic carbocycles. The number of hydrogen-bond acceptors (Lipinski definition) is 12. The lowest BCUT2D eigenvalue weighted by Crippen LogP contribution is -2.37. The lowest BCUT2D eigenvalue weighted by Gasteiger charge is -2.24. The van der Waals surface area contributed by atoms with Gasteiger partial charge in [-0.15, -0.1) is 0 Å².